The summed E-state index contributed by atoms with van der Waals surface area (Å²) in [6.07, 6.45) is 0. The minimum atomic E-state index is 0.509. The Hall–Kier alpha value is -0.0500. The smallest absolute Gasteiger partial charge is 0.0731 e. The van der Waals surface area contributed by atoms with Crippen LogP contribution in [0.3, 0.4) is 0 Å². The van der Waals surface area contributed by atoms with Crippen molar-refractivity contribution in [3.8, 4) is 0 Å². The van der Waals surface area contributed by atoms with Crippen molar-refractivity contribution in [1.82, 2.24) is 0 Å². The van der Waals surface area contributed by atoms with E-state index in [2.05, 4.69) is 0 Å². The summed E-state index contributed by atoms with van der Waals surface area (Å²) < 4.78 is 0. The van der Waals surface area contributed by atoms with E-state index in [0.29, 0.717) is 20.1 Å². The second-order valence-electron chi connectivity index (χ2n) is 3.20. The van der Waals surface area contributed by atoms with E-state index in [9.17, 15) is 0 Å². The van der Waals surface area contributed by atoms with Crippen LogP contribution in [0.1, 0.15) is 0 Å². The van der Waals surface area contributed by atoms with Gasteiger partial charge in [-0.3, -0.25) is 0 Å². The molecule has 0 radical (unpaired) electrons. The Labute approximate surface area is 124 Å². The van der Waals surface area contributed by atoms with Gasteiger partial charge in [-0.25, -0.2) is 0 Å². The van der Waals surface area contributed by atoms with Gasteiger partial charge in [-0.2, -0.15) is 0 Å². The van der Waals surface area contributed by atoms with E-state index < -0.39 is 0 Å². The number of hydrogen-bond acceptors (Lipinski definition) is 1. The van der Waals surface area contributed by atoms with Crippen molar-refractivity contribution in [3.63, 3.8) is 0 Å². The van der Waals surface area contributed by atoms with Gasteiger partial charge in [0.1, 0.15) is 0 Å². The fourth-order valence-electron chi connectivity index (χ4n) is 1.25. The van der Waals surface area contributed by atoms with Gasteiger partial charge in [0.25, 0.3) is 0 Å². The van der Waals surface area contributed by atoms with Crippen LogP contribution in [0.5, 0.6) is 0 Å². The molecule has 0 atom stereocenters. The number of rotatable bonds is 2. The summed E-state index contributed by atoms with van der Waals surface area (Å²) in [5, 5.41) is 2.21. The summed E-state index contributed by atoms with van der Waals surface area (Å²) in [5.41, 5.74) is 0. The van der Waals surface area contributed by atoms with Crippen molar-refractivity contribution >= 4 is 58.2 Å². The zero-order valence-electron chi connectivity index (χ0n) is 8.38. The Balaban J connectivity index is 2.42. The van der Waals surface area contributed by atoms with Gasteiger partial charge >= 0.3 is 0 Å². The molecule has 0 saturated carbocycles. The lowest BCUT2D eigenvalue weighted by Crippen LogP contribution is -1.80. The first-order valence-electron chi connectivity index (χ1n) is 4.65. The molecular weight excluding hydrogens is 318 g/mol. The molecule has 0 saturated heterocycles. The quantitative estimate of drug-likeness (QED) is 0.611. The maximum absolute atomic E-state index is 6.11. The molecule has 0 N–H and O–H groups in total. The zero-order valence-corrected chi connectivity index (χ0v) is 12.2. The van der Waals surface area contributed by atoms with E-state index in [-0.39, 0.29) is 0 Å². The molecule has 0 fully saturated rings. The van der Waals surface area contributed by atoms with Crippen LogP contribution in [-0.4, -0.2) is 0 Å². The third-order valence-corrected chi connectivity index (χ3v) is 5.04. The van der Waals surface area contributed by atoms with E-state index >= 15 is 0 Å². The molecule has 0 aliphatic heterocycles. The fourth-order valence-corrected chi connectivity index (χ4v) is 3.25. The van der Waals surface area contributed by atoms with Gasteiger partial charge in [-0.05, 0) is 24.3 Å². The van der Waals surface area contributed by atoms with Crippen molar-refractivity contribution in [3.05, 3.63) is 56.5 Å². The molecule has 0 amide bonds. The summed E-state index contributed by atoms with van der Waals surface area (Å²) in [4.78, 5) is 1.61. The standard InChI is InChI=1S/C12H6Cl4S/c13-7-3-2-6-10(11(7)16)17-12-8(14)4-1-5-9(12)15/h1-6H. The van der Waals surface area contributed by atoms with Gasteiger partial charge in [-0.15, -0.1) is 0 Å². The van der Waals surface area contributed by atoms with Crippen LogP contribution in [0.25, 0.3) is 0 Å². The van der Waals surface area contributed by atoms with Crippen LogP contribution in [0.15, 0.2) is 46.2 Å². The van der Waals surface area contributed by atoms with Crippen molar-refractivity contribution in [2.75, 3.05) is 0 Å². The first kappa shape index (κ1) is 13.4. The van der Waals surface area contributed by atoms with E-state index in [1.54, 1.807) is 24.3 Å². The Morgan fingerprint density at radius 1 is 0.706 bits per heavy atom. The van der Waals surface area contributed by atoms with Crippen LogP contribution in [0.2, 0.25) is 20.1 Å². The first-order chi connectivity index (χ1) is 8.09. The molecule has 2 aromatic rings. The maximum Gasteiger partial charge on any atom is 0.0731 e. The highest BCUT2D eigenvalue weighted by Gasteiger charge is 2.11. The third kappa shape index (κ3) is 3.04. The predicted octanol–water partition coefficient (Wildman–Crippen LogP) is 6.45. The summed E-state index contributed by atoms with van der Waals surface area (Å²) in [7, 11) is 0. The average molecular weight is 324 g/mol. The van der Waals surface area contributed by atoms with Gasteiger partial charge < -0.3 is 0 Å². The third-order valence-electron chi connectivity index (χ3n) is 2.05. The molecule has 88 valence electrons. The van der Waals surface area contributed by atoms with Crippen molar-refractivity contribution in [2.24, 2.45) is 0 Å². The van der Waals surface area contributed by atoms with Gasteiger partial charge in [-0.1, -0.05) is 70.3 Å². The number of hydrogen-bond donors (Lipinski definition) is 0. The highest BCUT2D eigenvalue weighted by molar-refractivity contribution is 7.99. The van der Waals surface area contributed by atoms with Gasteiger partial charge in [0.2, 0.25) is 0 Å². The summed E-state index contributed by atoms with van der Waals surface area (Å²) in [5.74, 6) is 0. The average Bonchev–Trinajstić information content (AvgIpc) is 2.29. The molecule has 0 bridgehead atoms. The zero-order chi connectivity index (χ0) is 12.4. The monoisotopic (exact) mass is 322 g/mol. The lowest BCUT2D eigenvalue weighted by atomic mass is 10.3. The minimum absolute atomic E-state index is 0.509. The van der Waals surface area contributed by atoms with Crippen molar-refractivity contribution in [1.29, 1.82) is 0 Å². The molecule has 0 aromatic heterocycles. The summed E-state index contributed by atoms with van der Waals surface area (Å²) >= 11 is 25.6. The Bertz CT molecular complexity index is 534. The topological polar surface area (TPSA) is 0 Å². The largest absolute Gasteiger partial charge is 0.0853 e. The first-order valence-corrected chi connectivity index (χ1v) is 6.98. The van der Waals surface area contributed by atoms with E-state index in [0.717, 1.165) is 9.79 Å². The SMILES string of the molecule is Clc1cccc(Sc2c(Cl)cccc2Cl)c1Cl. The van der Waals surface area contributed by atoms with Gasteiger partial charge in [0, 0.05) is 9.79 Å². The summed E-state index contributed by atoms with van der Waals surface area (Å²) in [6, 6.07) is 10.8. The Morgan fingerprint density at radius 2 is 1.24 bits per heavy atom. The summed E-state index contributed by atoms with van der Waals surface area (Å²) in [6.45, 7) is 0. The molecule has 17 heavy (non-hydrogen) atoms. The van der Waals surface area contributed by atoms with Crippen molar-refractivity contribution in [2.45, 2.75) is 9.79 Å². The normalized spacial score (nSPS) is 10.6. The van der Waals surface area contributed by atoms with E-state index in [1.807, 2.05) is 12.1 Å². The molecule has 5 heteroatoms. The Kier molecular flexibility index (Phi) is 4.51. The van der Waals surface area contributed by atoms with E-state index in [4.69, 9.17) is 46.4 Å². The molecular formula is C12H6Cl4S. The highest BCUT2D eigenvalue weighted by atomic mass is 35.5. The molecule has 0 unspecified atom stereocenters. The number of halogens is 4. The van der Waals surface area contributed by atoms with Crippen LogP contribution < -0.4 is 0 Å². The minimum Gasteiger partial charge on any atom is -0.0853 e. The molecule has 0 spiro atoms. The molecule has 0 aliphatic rings. The predicted molar refractivity (Wildman–Crippen MR) is 77.0 cm³/mol. The molecule has 0 nitrogen and oxygen atoms in total. The number of benzene rings is 2. The van der Waals surface area contributed by atoms with Gasteiger partial charge in [0.15, 0.2) is 0 Å². The molecule has 2 rings (SSSR count). The molecule has 0 aliphatic carbocycles. The highest BCUT2D eigenvalue weighted by Crippen LogP contribution is 2.42. The van der Waals surface area contributed by atoms with E-state index in [1.165, 1.54) is 11.8 Å². The van der Waals surface area contributed by atoms with Crippen molar-refractivity contribution < 1.29 is 0 Å². The van der Waals surface area contributed by atoms with Crippen LogP contribution in [-0.2, 0) is 0 Å². The second kappa shape index (κ2) is 5.73. The van der Waals surface area contributed by atoms with Crippen LogP contribution in [0.4, 0.5) is 0 Å². The second-order valence-corrected chi connectivity index (χ2v) is 5.86. The van der Waals surface area contributed by atoms with Crippen LogP contribution >= 0.6 is 58.2 Å². The lowest BCUT2D eigenvalue weighted by molar-refractivity contribution is 1.40. The van der Waals surface area contributed by atoms with Gasteiger partial charge in [0.05, 0.1) is 20.1 Å². The van der Waals surface area contributed by atoms with Crippen LogP contribution in [0, 0.1) is 0 Å². The fraction of sp³-hybridized carbons (Fsp3) is 0. The molecule has 0 heterocycles. The maximum atomic E-state index is 6.11. The Morgan fingerprint density at radius 3 is 1.88 bits per heavy atom. The molecule has 2 aromatic carbocycles. The lowest BCUT2D eigenvalue weighted by Gasteiger charge is -2.08.